The fraction of sp³-hybridized carbons (Fsp3) is 0.476. The standard InChI is InChI=1S/C21H28ClN3O3/c1-14(2)10-23-20(26)17-13-28-18(24-17)12-25(11-15(3)4)21(27)19(22)16-8-6-5-7-9-16/h5-9,13-15,19H,10-12H2,1-4H3,(H,23,26)/t19-/m1/s1. The van der Waals surface area contributed by atoms with Crippen LogP contribution in [0.25, 0.3) is 0 Å². The molecule has 0 aliphatic heterocycles. The molecular weight excluding hydrogens is 378 g/mol. The minimum absolute atomic E-state index is 0.157. The Hall–Kier alpha value is -2.34. The minimum Gasteiger partial charge on any atom is -0.446 e. The summed E-state index contributed by atoms with van der Waals surface area (Å²) in [7, 11) is 0. The van der Waals surface area contributed by atoms with Gasteiger partial charge < -0.3 is 14.6 Å². The average Bonchev–Trinajstić information content (AvgIpc) is 3.13. The maximum atomic E-state index is 12.9. The summed E-state index contributed by atoms with van der Waals surface area (Å²) in [6, 6.07) is 9.22. The molecule has 0 saturated carbocycles. The fourth-order valence-electron chi connectivity index (χ4n) is 2.64. The molecule has 2 aromatic rings. The molecule has 2 amide bonds. The number of halogens is 1. The summed E-state index contributed by atoms with van der Waals surface area (Å²) in [5, 5.41) is 2.01. The second-order valence-corrected chi connectivity index (χ2v) is 8.05. The van der Waals surface area contributed by atoms with Gasteiger partial charge in [-0.25, -0.2) is 4.98 Å². The number of oxazole rings is 1. The van der Waals surface area contributed by atoms with Crippen LogP contribution in [0, 0.1) is 11.8 Å². The Labute approximate surface area is 171 Å². The summed E-state index contributed by atoms with van der Waals surface area (Å²) < 4.78 is 5.43. The smallest absolute Gasteiger partial charge is 0.273 e. The maximum Gasteiger partial charge on any atom is 0.273 e. The van der Waals surface area contributed by atoms with Gasteiger partial charge in [0.1, 0.15) is 11.6 Å². The van der Waals surface area contributed by atoms with E-state index in [0.29, 0.717) is 24.9 Å². The molecule has 2 rings (SSSR count). The van der Waals surface area contributed by atoms with Gasteiger partial charge in [-0.15, -0.1) is 11.6 Å². The Bertz CT molecular complexity index is 774. The molecule has 1 aromatic carbocycles. The molecule has 0 spiro atoms. The first kappa shape index (κ1) is 22.0. The number of alkyl halides is 1. The van der Waals surface area contributed by atoms with Crippen molar-refractivity contribution in [2.75, 3.05) is 13.1 Å². The molecule has 0 aliphatic rings. The van der Waals surface area contributed by atoms with E-state index < -0.39 is 5.38 Å². The van der Waals surface area contributed by atoms with Gasteiger partial charge in [0, 0.05) is 13.1 Å². The van der Waals surface area contributed by atoms with E-state index in [-0.39, 0.29) is 30.0 Å². The third-order valence-corrected chi connectivity index (χ3v) is 4.43. The maximum absolute atomic E-state index is 12.9. The Morgan fingerprint density at radius 3 is 2.43 bits per heavy atom. The van der Waals surface area contributed by atoms with Crippen molar-refractivity contribution in [3.05, 3.63) is 53.7 Å². The highest BCUT2D eigenvalue weighted by Crippen LogP contribution is 2.24. The number of aromatic nitrogens is 1. The van der Waals surface area contributed by atoms with Gasteiger partial charge in [-0.2, -0.15) is 0 Å². The van der Waals surface area contributed by atoms with Crippen molar-refractivity contribution >= 4 is 23.4 Å². The van der Waals surface area contributed by atoms with Crippen molar-refractivity contribution in [1.82, 2.24) is 15.2 Å². The lowest BCUT2D eigenvalue weighted by Crippen LogP contribution is -2.36. The summed E-state index contributed by atoms with van der Waals surface area (Å²) in [5.41, 5.74) is 0.946. The second kappa shape index (κ2) is 10.3. The van der Waals surface area contributed by atoms with Crippen LogP contribution >= 0.6 is 11.6 Å². The molecule has 7 heteroatoms. The molecule has 1 heterocycles. The summed E-state index contributed by atoms with van der Waals surface area (Å²) >= 11 is 6.42. The van der Waals surface area contributed by atoms with Gasteiger partial charge in [0.25, 0.3) is 5.91 Å². The van der Waals surface area contributed by atoms with Crippen LogP contribution in [-0.2, 0) is 11.3 Å². The molecule has 152 valence electrons. The fourth-order valence-corrected chi connectivity index (χ4v) is 2.92. The van der Waals surface area contributed by atoms with Crippen LogP contribution in [-0.4, -0.2) is 34.8 Å². The van der Waals surface area contributed by atoms with Gasteiger partial charge >= 0.3 is 0 Å². The van der Waals surface area contributed by atoms with Crippen molar-refractivity contribution in [2.24, 2.45) is 11.8 Å². The van der Waals surface area contributed by atoms with Crippen LogP contribution in [0.3, 0.4) is 0 Å². The number of carbonyl (C=O) groups excluding carboxylic acids is 2. The number of nitrogens with one attached hydrogen (secondary N) is 1. The highest BCUT2D eigenvalue weighted by Gasteiger charge is 2.26. The monoisotopic (exact) mass is 405 g/mol. The first-order valence-corrected chi connectivity index (χ1v) is 9.92. The van der Waals surface area contributed by atoms with Gasteiger partial charge in [-0.05, 0) is 17.4 Å². The molecule has 0 bridgehead atoms. The van der Waals surface area contributed by atoms with E-state index in [1.54, 1.807) is 4.90 Å². The quantitative estimate of drug-likeness (QED) is 0.639. The van der Waals surface area contributed by atoms with E-state index in [1.165, 1.54) is 6.26 Å². The Balaban J connectivity index is 2.10. The zero-order valence-corrected chi connectivity index (χ0v) is 17.6. The molecule has 1 N–H and O–H groups in total. The first-order chi connectivity index (χ1) is 13.3. The first-order valence-electron chi connectivity index (χ1n) is 9.48. The van der Waals surface area contributed by atoms with Crippen molar-refractivity contribution < 1.29 is 14.0 Å². The number of carbonyl (C=O) groups is 2. The molecule has 28 heavy (non-hydrogen) atoms. The molecule has 0 fully saturated rings. The van der Waals surface area contributed by atoms with E-state index in [2.05, 4.69) is 10.3 Å². The normalized spacial score (nSPS) is 12.2. The number of hydrogen-bond donors (Lipinski definition) is 1. The number of rotatable bonds is 9. The lowest BCUT2D eigenvalue weighted by Gasteiger charge is -2.25. The van der Waals surface area contributed by atoms with Crippen LogP contribution in [0.5, 0.6) is 0 Å². The van der Waals surface area contributed by atoms with Crippen molar-refractivity contribution in [1.29, 1.82) is 0 Å². The van der Waals surface area contributed by atoms with E-state index in [0.717, 1.165) is 5.56 Å². The highest BCUT2D eigenvalue weighted by molar-refractivity contribution is 6.30. The van der Waals surface area contributed by atoms with Crippen molar-refractivity contribution in [3.8, 4) is 0 Å². The molecular formula is C21H28ClN3O3. The third-order valence-electron chi connectivity index (χ3n) is 3.99. The molecule has 1 aromatic heterocycles. The predicted octanol–water partition coefficient (Wildman–Crippen LogP) is 4.03. The topological polar surface area (TPSA) is 75.4 Å². The van der Waals surface area contributed by atoms with Crippen LogP contribution < -0.4 is 5.32 Å². The molecule has 0 radical (unpaired) electrons. The Morgan fingerprint density at radius 1 is 1.14 bits per heavy atom. The van der Waals surface area contributed by atoms with Crippen LogP contribution in [0.1, 0.15) is 55.0 Å². The predicted molar refractivity (Wildman–Crippen MR) is 109 cm³/mol. The summed E-state index contributed by atoms with van der Waals surface area (Å²) in [5.74, 6) is 0.386. The van der Waals surface area contributed by atoms with E-state index >= 15 is 0 Å². The van der Waals surface area contributed by atoms with E-state index in [1.807, 2.05) is 58.0 Å². The largest absolute Gasteiger partial charge is 0.446 e. The van der Waals surface area contributed by atoms with Gasteiger partial charge in [0.2, 0.25) is 11.8 Å². The number of benzene rings is 1. The number of amides is 2. The zero-order valence-electron chi connectivity index (χ0n) is 16.8. The number of nitrogens with zero attached hydrogens (tertiary/aromatic N) is 2. The van der Waals surface area contributed by atoms with Crippen LogP contribution in [0.2, 0.25) is 0 Å². The zero-order chi connectivity index (χ0) is 20.7. The van der Waals surface area contributed by atoms with Gasteiger partial charge in [-0.3, -0.25) is 9.59 Å². The SMILES string of the molecule is CC(C)CNC(=O)c1coc(CN(CC(C)C)C(=O)[C@H](Cl)c2ccccc2)n1. The Kier molecular flexibility index (Phi) is 8.05. The van der Waals surface area contributed by atoms with Crippen molar-refractivity contribution in [3.63, 3.8) is 0 Å². The molecule has 0 saturated heterocycles. The third kappa shape index (κ3) is 6.37. The van der Waals surface area contributed by atoms with Gasteiger partial charge in [-0.1, -0.05) is 58.0 Å². The lowest BCUT2D eigenvalue weighted by molar-refractivity contribution is -0.132. The van der Waals surface area contributed by atoms with E-state index in [4.69, 9.17) is 16.0 Å². The second-order valence-electron chi connectivity index (χ2n) is 7.62. The van der Waals surface area contributed by atoms with Gasteiger partial charge in [0.05, 0.1) is 6.54 Å². The lowest BCUT2D eigenvalue weighted by atomic mass is 10.1. The molecule has 6 nitrogen and oxygen atoms in total. The van der Waals surface area contributed by atoms with E-state index in [9.17, 15) is 9.59 Å². The summed E-state index contributed by atoms with van der Waals surface area (Å²) in [4.78, 5) is 30.9. The molecule has 1 atom stereocenters. The van der Waals surface area contributed by atoms with Crippen molar-refractivity contribution in [2.45, 2.75) is 39.6 Å². The summed E-state index contributed by atoms with van der Waals surface area (Å²) in [6.07, 6.45) is 1.32. The Morgan fingerprint density at radius 2 is 1.82 bits per heavy atom. The average molecular weight is 406 g/mol. The summed E-state index contributed by atoms with van der Waals surface area (Å²) in [6.45, 7) is 9.29. The minimum atomic E-state index is -0.788. The highest BCUT2D eigenvalue weighted by atomic mass is 35.5. The van der Waals surface area contributed by atoms with Crippen LogP contribution in [0.15, 0.2) is 41.0 Å². The van der Waals surface area contributed by atoms with Gasteiger partial charge in [0.15, 0.2) is 5.69 Å². The van der Waals surface area contributed by atoms with Crippen LogP contribution in [0.4, 0.5) is 0 Å². The number of hydrogen-bond acceptors (Lipinski definition) is 4. The molecule has 0 unspecified atom stereocenters. The molecule has 0 aliphatic carbocycles.